The Hall–Kier alpha value is -1.99. The van der Waals surface area contributed by atoms with Gasteiger partial charge in [0, 0.05) is 49.0 Å². The highest BCUT2D eigenvalue weighted by molar-refractivity contribution is 5.86. The van der Waals surface area contributed by atoms with Gasteiger partial charge in [0.25, 0.3) is 0 Å². The van der Waals surface area contributed by atoms with Crippen LogP contribution >= 0.6 is 0 Å². The maximum Gasteiger partial charge on any atom is 0.331 e. The summed E-state index contributed by atoms with van der Waals surface area (Å²) in [4.78, 5) is 32.3. The van der Waals surface area contributed by atoms with E-state index in [0.717, 1.165) is 0 Å². The van der Waals surface area contributed by atoms with E-state index < -0.39 is 38.7 Å². The van der Waals surface area contributed by atoms with Crippen LogP contribution in [0.5, 0.6) is 0 Å². The molecule has 21 heavy (non-hydrogen) atoms. The van der Waals surface area contributed by atoms with Crippen LogP contribution in [-0.4, -0.2) is 32.0 Å². The minimum Gasteiger partial charge on any atom is -0.478 e. The van der Waals surface area contributed by atoms with Crippen LogP contribution in [0.4, 0.5) is 0 Å². The third kappa shape index (κ3) is 3.99. The fourth-order valence-electron chi connectivity index (χ4n) is 1.96. The van der Waals surface area contributed by atoms with Crippen molar-refractivity contribution in [3.63, 3.8) is 0 Å². The normalized spacial score (nSPS) is 15.1. The van der Waals surface area contributed by atoms with E-state index in [-0.39, 0.29) is 12.0 Å². The zero-order valence-electron chi connectivity index (χ0n) is 13.0. The number of hydrogen-bond acceptors (Lipinski definition) is 5. The van der Waals surface area contributed by atoms with Crippen LogP contribution in [-0.2, 0) is 4.79 Å². The first-order valence-corrected chi connectivity index (χ1v) is 6.47. The van der Waals surface area contributed by atoms with Gasteiger partial charge in [0.05, 0.1) is 5.92 Å². The van der Waals surface area contributed by atoms with Crippen LogP contribution in [0.15, 0.2) is 12.2 Å². The average Bonchev–Trinajstić information content (AvgIpc) is 2.33. The van der Waals surface area contributed by atoms with Gasteiger partial charge in [-0.25, -0.2) is 4.79 Å². The first-order chi connectivity index (χ1) is 9.26. The summed E-state index contributed by atoms with van der Waals surface area (Å²) in [7, 11) is 0. The second-order valence-electron chi connectivity index (χ2n) is 6.34. The molecule has 0 saturated heterocycles. The van der Waals surface area contributed by atoms with Gasteiger partial charge in [0.15, 0.2) is 0 Å². The molecule has 0 aliphatic heterocycles. The Balaban J connectivity index is 5.57. The summed E-state index contributed by atoms with van der Waals surface area (Å²) >= 11 is 0. The molecule has 1 N–H and O–H groups in total. The molecule has 0 bridgehead atoms. The lowest BCUT2D eigenvalue weighted by molar-refractivity contribution is -0.578. The largest absolute Gasteiger partial charge is 0.478 e. The lowest BCUT2D eigenvalue weighted by atomic mass is 9.73. The van der Waals surface area contributed by atoms with E-state index in [9.17, 15) is 25.0 Å². The van der Waals surface area contributed by atoms with Gasteiger partial charge in [-0.05, 0) is 6.42 Å². The number of carboxylic acid groups (broad SMARTS) is 1. The number of carbonyl (C=O) groups is 1. The molecule has 0 saturated carbocycles. The number of carboxylic acids is 1. The van der Waals surface area contributed by atoms with Gasteiger partial charge in [0.1, 0.15) is 0 Å². The van der Waals surface area contributed by atoms with Crippen molar-refractivity contribution in [1.82, 2.24) is 0 Å². The van der Waals surface area contributed by atoms with Gasteiger partial charge < -0.3 is 5.11 Å². The van der Waals surface area contributed by atoms with E-state index >= 15 is 0 Å². The molecule has 0 aromatic rings. The highest BCUT2D eigenvalue weighted by Crippen LogP contribution is 2.36. The molecule has 0 fully saturated rings. The molecule has 0 heterocycles. The predicted octanol–water partition coefficient (Wildman–Crippen LogP) is 2.38. The smallest absolute Gasteiger partial charge is 0.331 e. The predicted molar refractivity (Wildman–Crippen MR) is 76.2 cm³/mol. The molecular weight excluding hydrogens is 280 g/mol. The van der Waals surface area contributed by atoms with E-state index in [1.165, 1.54) is 27.7 Å². The zero-order valence-corrected chi connectivity index (χ0v) is 13.0. The Morgan fingerprint density at radius 2 is 1.52 bits per heavy atom. The highest BCUT2D eigenvalue weighted by atomic mass is 16.6. The lowest BCUT2D eigenvalue weighted by Gasteiger charge is -2.32. The topological polar surface area (TPSA) is 124 Å². The van der Waals surface area contributed by atoms with Crippen molar-refractivity contribution >= 4 is 5.97 Å². The second kappa shape index (κ2) is 6.19. The molecule has 2 atom stereocenters. The fraction of sp³-hybridized carbons (Fsp3) is 0.769. The van der Waals surface area contributed by atoms with E-state index in [1.54, 1.807) is 6.92 Å². The third-order valence-corrected chi connectivity index (χ3v) is 4.28. The molecule has 0 aliphatic rings. The number of rotatable bonds is 8. The maximum absolute atomic E-state index is 11.2. The van der Waals surface area contributed by atoms with Gasteiger partial charge in [-0.2, -0.15) is 0 Å². The van der Waals surface area contributed by atoms with Gasteiger partial charge >= 0.3 is 5.97 Å². The molecule has 0 amide bonds. The van der Waals surface area contributed by atoms with Crippen molar-refractivity contribution < 1.29 is 19.7 Å². The molecule has 0 radical (unpaired) electrons. The van der Waals surface area contributed by atoms with Gasteiger partial charge in [-0.1, -0.05) is 13.5 Å². The maximum atomic E-state index is 11.2. The summed E-state index contributed by atoms with van der Waals surface area (Å²) in [5, 5.41) is 31.3. The standard InChI is InChI=1S/C13H22N2O6/c1-8(12(3,4)14(18)19)7-10(9(2)11(16)17)13(5,6)15(20)21/h8,10H,2,7H2,1,3-6H3,(H,16,17). The molecule has 120 valence electrons. The van der Waals surface area contributed by atoms with Crippen molar-refractivity contribution in [3.8, 4) is 0 Å². The Morgan fingerprint density at radius 3 is 1.81 bits per heavy atom. The number of aliphatic carboxylic acids is 1. The fourth-order valence-corrected chi connectivity index (χ4v) is 1.96. The second-order valence-corrected chi connectivity index (χ2v) is 6.34. The summed E-state index contributed by atoms with van der Waals surface area (Å²) < 4.78 is 0. The Bertz CT molecular complexity index is 469. The van der Waals surface area contributed by atoms with Crippen LogP contribution in [0.3, 0.4) is 0 Å². The van der Waals surface area contributed by atoms with Crippen molar-refractivity contribution in [3.05, 3.63) is 32.4 Å². The number of nitrogens with zero attached hydrogens (tertiary/aromatic N) is 2. The summed E-state index contributed by atoms with van der Waals surface area (Å²) in [6.45, 7) is 10.4. The molecule has 8 nitrogen and oxygen atoms in total. The molecule has 0 aromatic heterocycles. The summed E-state index contributed by atoms with van der Waals surface area (Å²) in [5.41, 5.74) is -3.19. The van der Waals surface area contributed by atoms with E-state index in [2.05, 4.69) is 6.58 Å². The quantitative estimate of drug-likeness (QED) is 0.417. The minimum atomic E-state index is -1.57. The minimum absolute atomic E-state index is 0.00685. The van der Waals surface area contributed by atoms with Crippen LogP contribution in [0.2, 0.25) is 0 Å². The third-order valence-electron chi connectivity index (χ3n) is 4.28. The summed E-state index contributed by atoms with van der Waals surface area (Å²) in [5.74, 6) is -2.90. The van der Waals surface area contributed by atoms with Crippen molar-refractivity contribution in [1.29, 1.82) is 0 Å². The Labute approximate surface area is 123 Å². The molecule has 2 unspecified atom stereocenters. The van der Waals surface area contributed by atoms with Gasteiger partial charge in [-0.3, -0.25) is 20.2 Å². The molecule has 0 rings (SSSR count). The molecule has 8 heteroatoms. The molecule has 0 aliphatic carbocycles. The molecular formula is C13H22N2O6. The molecule has 0 spiro atoms. The molecule has 0 aromatic carbocycles. The van der Waals surface area contributed by atoms with Gasteiger partial charge in [0.2, 0.25) is 11.1 Å². The number of hydrogen-bond donors (Lipinski definition) is 1. The first-order valence-electron chi connectivity index (χ1n) is 6.47. The van der Waals surface area contributed by atoms with Crippen LogP contribution < -0.4 is 0 Å². The highest BCUT2D eigenvalue weighted by Gasteiger charge is 2.48. The average molecular weight is 302 g/mol. The monoisotopic (exact) mass is 302 g/mol. The number of nitro groups is 2. The Kier molecular flexibility index (Phi) is 5.61. The van der Waals surface area contributed by atoms with Crippen LogP contribution in [0.25, 0.3) is 0 Å². The Morgan fingerprint density at radius 1 is 1.14 bits per heavy atom. The van der Waals surface area contributed by atoms with Crippen molar-refractivity contribution in [2.45, 2.75) is 52.1 Å². The van der Waals surface area contributed by atoms with Crippen LogP contribution in [0, 0.1) is 32.1 Å². The first kappa shape index (κ1) is 19.0. The van der Waals surface area contributed by atoms with E-state index in [4.69, 9.17) is 5.11 Å². The zero-order chi connectivity index (χ0) is 17.2. The van der Waals surface area contributed by atoms with Crippen molar-refractivity contribution in [2.24, 2.45) is 11.8 Å². The summed E-state index contributed by atoms with van der Waals surface area (Å²) in [6, 6.07) is 0. The van der Waals surface area contributed by atoms with E-state index in [1.807, 2.05) is 0 Å². The summed E-state index contributed by atoms with van der Waals surface area (Å²) in [6.07, 6.45) is -0.00685. The van der Waals surface area contributed by atoms with Crippen molar-refractivity contribution in [2.75, 3.05) is 0 Å². The lowest BCUT2D eigenvalue weighted by Crippen LogP contribution is -2.46. The van der Waals surface area contributed by atoms with Crippen LogP contribution in [0.1, 0.15) is 41.0 Å². The van der Waals surface area contributed by atoms with Gasteiger partial charge in [-0.15, -0.1) is 0 Å². The van der Waals surface area contributed by atoms with E-state index in [0.29, 0.717) is 0 Å². The SMILES string of the molecule is C=C(C(=O)O)C(CC(C)C(C)(C)[N+](=O)[O-])C(C)(C)[N+](=O)[O-].